The summed E-state index contributed by atoms with van der Waals surface area (Å²) in [4.78, 5) is 2.73. The summed E-state index contributed by atoms with van der Waals surface area (Å²) in [5, 5.41) is 3.74. The topological polar surface area (TPSA) is 24.5 Å². The van der Waals surface area contributed by atoms with Crippen molar-refractivity contribution in [2.45, 2.75) is 45.1 Å². The second-order valence-electron chi connectivity index (χ2n) is 6.85. The Morgan fingerprint density at radius 2 is 1.95 bits per heavy atom. The van der Waals surface area contributed by atoms with Crippen LogP contribution in [0.3, 0.4) is 0 Å². The highest BCUT2D eigenvalue weighted by Crippen LogP contribution is 2.38. The maximum absolute atomic E-state index is 5.73. The van der Waals surface area contributed by atoms with Crippen molar-refractivity contribution in [3.8, 4) is 0 Å². The minimum absolute atomic E-state index is 0.689. The van der Waals surface area contributed by atoms with Gasteiger partial charge < -0.3 is 15.0 Å². The summed E-state index contributed by atoms with van der Waals surface area (Å²) >= 11 is 0. The van der Waals surface area contributed by atoms with Crippen LogP contribution in [-0.2, 0) is 4.74 Å². The average Bonchev–Trinajstić information content (AvgIpc) is 2.98. The van der Waals surface area contributed by atoms with E-state index in [1.54, 1.807) is 0 Å². The normalized spacial score (nSPS) is 39.6. The van der Waals surface area contributed by atoms with Crippen LogP contribution in [0.15, 0.2) is 0 Å². The summed E-state index contributed by atoms with van der Waals surface area (Å²) in [6, 6.07) is 0.689. The summed E-state index contributed by atoms with van der Waals surface area (Å²) < 4.78 is 5.73. The molecule has 2 heterocycles. The van der Waals surface area contributed by atoms with Crippen LogP contribution in [0.5, 0.6) is 0 Å². The Morgan fingerprint density at radius 1 is 1.16 bits per heavy atom. The van der Waals surface area contributed by atoms with Gasteiger partial charge in [0.25, 0.3) is 0 Å². The van der Waals surface area contributed by atoms with Crippen LogP contribution in [0.25, 0.3) is 0 Å². The summed E-state index contributed by atoms with van der Waals surface area (Å²) in [7, 11) is 0. The highest BCUT2D eigenvalue weighted by molar-refractivity contribution is 4.91. The summed E-state index contributed by atoms with van der Waals surface area (Å²) in [6.45, 7) is 9.31. The zero-order valence-electron chi connectivity index (χ0n) is 12.4. The lowest BCUT2D eigenvalue weighted by atomic mass is 9.95. The third-order valence-corrected chi connectivity index (χ3v) is 5.43. The quantitative estimate of drug-likeness (QED) is 0.825. The highest BCUT2D eigenvalue weighted by atomic mass is 16.5. The Balaban J connectivity index is 1.49. The Hall–Kier alpha value is -0.120. The van der Waals surface area contributed by atoms with Gasteiger partial charge >= 0.3 is 0 Å². The Morgan fingerprint density at radius 3 is 2.68 bits per heavy atom. The first-order valence-electron chi connectivity index (χ1n) is 8.40. The zero-order valence-corrected chi connectivity index (χ0v) is 12.4. The second kappa shape index (κ2) is 6.55. The number of hydrogen-bond acceptors (Lipinski definition) is 3. The molecule has 0 spiro atoms. The van der Waals surface area contributed by atoms with Gasteiger partial charge in [0.1, 0.15) is 0 Å². The fourth-order valence-corrected chi connectivity index (χ4v) is 4.39. The summed E-state index contributed by atoms with van der Waals surface area (Å²) in [5.74, 6) is 2.75. The molecule has 4 atom stereocenters. The Bertz CT molecular complexity index is 272. The molecule has 1 saturated carbocycles. The molecule has 0 aromatic carbocycles. The van der Waals surface area contributed by atoms with E-state index in [-0.39, 0.29) is 0 Å². The van der Waals surface area contributed by atoms with E-state index in [9.17, 15) is 0 Å². The van der Waals surface area contributed by atoms with Gasteiger partial charge in [-0.25, -0.2) is 0 Å². The average molecular weight is 266 g/mol. The first kappa shape index (κ1) is 13.8. The van der Waals surface area contributed by atoms with Crippen LogP contribution in [0.4, 0.5) is 0 Å². The third kappa shape index (κ3) is 3.32. The molecule has 0 aromatic rings. The second-order valence-corrected chi connectivity index (χ2v) is 6.85. The molecule has 110 valence electrons. The van der Waals surface area contributed by atoms with Gasteiger partial charge in [-0.2, -0.15) is 0 Å². The van der Waals surface area contributed by atoms with Gasteiger partial charge in [-0.15, -0.1) is 0 Å². The number of hydrogen-bond donors (Lipinski definition) is 1. The summed E-state index contributed by atoms with van der Waals surface area (Å²) in [6.07, 6.45) is 6.89. The predicted molar refractivity (Wildman–Crippen MR) is 78.3 cm³/mol. The fourth-order valence-electron chi connectivity index (χ4n) is 4.39. The van der Waals surface area contributed by atoms with E-state index in [1.807, 2.05) is 0 Å². The van der Waals surface area contributed by atoms with Crippen LogP contribution in [-0.4, -0.2) is 50.3 Å². The van der Waals surface area contributed by atoms with E-state index in [2.05, 4.69) is 17.1 Å². The molecule has 3 rings (SSSR count). The minimum Gasteiger partial charge on any atom is -0.381 e. The van der Waals surface area contributed by atoms with E-state index in [0.29, 0.717) is 12.0 Å². The fraction of sp³-hybridized carbons (Fsp3) is 1.00. The van der Waals surface area contributed by atoms with Crippen LogP contribution in [0, 0.1) is 17.8 Å². The van der Waals surface area contributed by atoms with Gasteiger partial charge in [-0.05, 0) is 44.1 Å². The summed E-state index contributed by atoms with van der Waals surface area (Å²) in [5.41, 5.74) is 0. The van der Waals surface area contributed by atoms with Gasteiger partial charge in [0.05, 0.1) is 6.61 Å². The van der Waals surface area contributed by atoms with Crippen molar-refractivity contribution < 1.29 is 4.74 Å². The molecule has 3 nitrogen and oxygen atoms in total. The largest absolute Gasteiger partial charge is 0.381 e. The molecule has 0 amide bonds. The van der Waals surface area contributed by atoms with Gasteiger partial charge in [0.2, 0.25) is 0 Å². The Labute approximate surface area is 118 Å². The van der Waals surface area contributed by atoms with Gasteiger partial charge in [-0.1, -0.05) is 13.3 Å². The number of rotatable bonds is 5. The van der Waals surface area contributed by atoms with Crippen LogP contribution >= 0.6 is 0 Å². The molecule has 19 heavy (non-hydrogen) atoms. The third-order valence-electron chi connectivity index (χ3n) is 5.43. The number of nitrogens with one attached hydrogen (secondary N) is 1. The maximum atomic E-state index is 5.73. The lowest BCUT2D eigenvalue weighted by Crippen LogP contribution is -2.47. The number of likely N-dealkylation sites (tertiary alicyclic amines) is 1. The van der Waals surface area contributed by atoms with Crippen LogP contribution in [0.2, 0.25) is 0 Å². The molecule has 2 aliphatic heterocycles. The van der Waals surface area contributed by atoms with Crippen LogP contribution in [0.1, 0.15) is 39.0 Å². The maximum Gasteiger partial charge on any atom is 0.0521 e. The highest BCUT2D eigenvalue weighted by Gasteiger charge is 2.37. The van der Waals surface area contributed by atoms with Gasteiger partial charge in [0.15, 0.2) is 0 Å². The molecule has 4 unspecified atom stereocenters. The van der Waals surface area contributed by atoms with Crippen molar-refractivity contribution in [1.29, 1.82) is 0 Å². The molecule has 1 aliphatic carbocycles. The van der Waals surface area contributed by atoms with E-state index in [4.69, 9.17) is 4.74 Å². The van der Waals surface area contributed by atoms with Crippen molar-refractivity contribution in [3.63, 3.8) is 0 Å². The first-order valence-corrected chi connectivity index (χ1v) is 8.40. The van der Waals surface area contributed by atoms with Crippen LogP contribution < -0.4 is 5.32 Å². The van der Waals surface area contributed by atoms with Crippen molar-refractivity contribution in [3.05, 3.63) is 0 Å². The Kier molecular flexibility index (Phi) is 4.78. The number of fused-ring (bicyclic) bond motifs is 1. The van der Waals surface area contributed by atoms with Crippen molar-refractivity contribution in [1.82, 2.24) is 10.2 Å². The molecular formula is C16H30N2O. The lowest BCUT2D eigenvalue weighted by molar-refractivity contribution is 0.0186. The molecule has 2 saturated heterocycles. The molecule has 3 aliphatic rings. The van der Waals surface area contributed by atoms with Crippen molar-refractivity contribution in [2.75, 3.05) is 39.4 Å². The standard InChI is InChI=1S/C16H30N2O/c1-2-7-17-16-6-8-19-12-15(16)11-18-9-13-4-3-5-14(13)10-18/h13-17H,2-12H2,1H3. The molecular weight excluding hydrogens is 236 g/mol. The molecule has 0 aromatic heterocycles. The zero-order chi connectivity index (χ0) is 13.1. The van der Waals surface area contributed by atoms with Gasteiger partial charge in [-0.3, -0.25) is 0 Å². The van der Waals surface area contributed by atoms with Crippen molar-refractivity contribution >= 4 is 0 Å². The monoisotopic (exact) mass is 266 g/mol. The lowest BCUT2D eigenvalue weighted by Gasteiger charge is -2.35. The predicted octanol–water partition coefficient (Wildman–Crippen LogP) is 2.12. The van der Waals surface area contributed by atoms with E-state index < -0.39 is 0 Å². The minimum atomic E-state index is 0.689. The number of ether oxygens (including phenoxy) is 1. The molecule has 0 radical (unpaired) electrons. The van der Waals surface area contributed by atoms with E-state index in [0.717, 1.165) is 31.6 Å². The smallest absolute Gasteiger partial charge is 0.0521 e. The molecule has 0 bridgehead atoms. The molecule has 3 heteroatoms. The number of nitrogens with zero attached hydrogens (tertiary/aromatic N) is 1. The molecule has 3 fully saturated rings. The van der Waals surface area contributed by atoms with E-state index in [1.165, 1.54) is 51.7 Å². The first-order chi connectivity index (χ1) is 9.36. The van der Waals surface area contributed by atoms with E-state index >= 15 is 0 Å². The van der Waals surface area contributed by atoms with Crippen molar-refractivity contribution in [2.24, 2.45) is 17.8 Å². The SMILES string of the molecule is CCCNC1CCOCC1CN1CC2CCCC2C1. The molecule has 1 N–H and O–H groups in total. The van der Waals surface area contributed by atoms with Gasteiger partial charge in [0, 0.05) is 38.2 Å².